The van der Waals surface area contributed by atoms with E-state index in [-0.39, 0.29) is 42.2 Å². The molecular formula is C50H67Br. The van der Waals surface area contributed by atoms with Crippen LogP contribution in [0.15, 0.2) is 36.4 Å². The van der Waals surface area contributed by atoms with E-state index in [2.05, 4.69) is 126 Å². The molecule has 0 nitrogen and oxygen atoms in total. The summed E-state index contributed by atoms with van der Waals surface area (Å²) >= 11 is 4.83. The average Bonchev–Trinajstić information content (AvgIpc) is 3.06. The van der Waals surface area contributed by atoms with Gasteiger partial charge in [-0.2, -0.15) is 0 Å². The van der Waals surface area contributed by atoms with E-state index in [1.165, 1.54) is 70.6 Å². The van der Waals surface area contributed by atoms with Gasteiger partial charge in [-0.3, -0.25) is 0 Å². The van der Waals surface area contributed by atoms with Gasteiger partial charge in [-0.1, -0.05) is 168 Å². The van der Waals surface area contributed by atoms with Crippen molar-refractivity contribution >= 4 is 15.9 Å². The second-order valence-electron chi connectivity index (χ2n) is 22.0. The van der Waals surface area contributed by atoms with E-state index in [1.54, 1.807) is 66.8 Å². The van der Waals surface area contributed by atoms with E-state index in [9.17, 15) is 0 Å². The van der Waals surface area contributed by atoms with Crippen LogP contribution in [0.4, 0.5) is 0 Å². The molecule has 0 atom stereocenters. The van der Waals surface area contributed by atoms with Crippen LogP contribution < -0.4 is 0 Å². The molecule has 0 fully saturated rings. The zero-order valence-corrected chi connectivity index (χ0v) is 36.2. The van der Waals surface area contributed by atoms with E-state index in [4.69, 9.17) is 15.9 Å². The van der Waals surface area contributed by atoms with Gasteiger partial charge >= 0.3 is 0 Å². The van der Waals surface area contributed by atoms with Gasteiger partial charge in [0.15, 0.2) is 0 Å². The summed E-state index contributed by atoms with van der Waals surface area (Å²) in [5.41, 5.74) is 19.8. The first-order valence-corrected chi connectivity index (χ1v) is 21.6. The normalized spacial score (nSPS) is 28.8. The Labute approximate surface area is 320 Å². The molecule has 1 heteroatoms. The Hall–Kier alpha value is -1.86. The van der Waals surface area contributed by atoms with E-state index in [1.807, 2.05) is 0 Å². The van der Waals surface area contributed by atoms with Crippen LogP contribution in [0, 0.1) is 0 Å². The molecule has 0 aliphatic heterocycles. The molecule has 0 saturated heterocycles. The maximum absolute atomic E-state index is 4.83. The molecule has 51 heavy (non-hydrogen) atoms. The molecule has 0 saturated carbocycles. The van der Waals surface area contributed by atoms with Crippen molar-refractivity contribution in [2.45, 2.75) is 203 Å². The molecule has 6 aliphatic rings. The first-order chi connectivity index (χ1) is 23.5. The first kappa shape index (κ1) is 36.1. The Morgan fingerprint density at radius 2 is 0.627 bits per heavy atom. The van der Waals surface area contributed by atoms with Crippen molar-refractivity contribution in [3.05, 3.63) is 103 Å². The molecule has 9 rings (SSSR count). The molecule has 0 aromatic heterocycles. The van der Waals surface area contributed by atoms with E-state index in [0.29, 0.717) is 0 Å². The molecule has 3 aromatic rings. The number of hydrogen-bond acceptors (Lipinski definition) is 0. The van der Waals surface area contributed by atoms with Crippen LogP contribution in [-0.2, 0) is 42.2 Å². The summed E-state index contributed by atoms with van der Waals surface area (Å²) in [6.07, 6.45) is 13.8. The van der Waals surface area contributed by atoms with Crippen LogP contribution in [0.1, 0.15) is 227 Å². The van der Waals surface area contributed by atoms with Crippen molar-refractivity contribution in [3.8, 4) is 0 Å². The second-order valence-corrected chi connectivity index (χ2v) is 23.2. The molecular weight excluding hydrogens is 680 g/mol. The fraction of sp³-hybridized carbons (Fsp3) is 0.640. The molecule has 0 heterocycles. The SMILES string of the molecule is CCCCCCC12c3cc4c(cc3C(Br)(c3cc5c(cc31)C(C)(C)CCC5(C)C)c1cc3c(cc12)C(C)(C)CCC3(C)C)C(C)(C)CCC4(C)C. The standard InChI is InChI=1S/C50H67Br/c1-14-15-16-17-18-49-37-25-31-34(46(8,9)22-19-43(31,2)3)28-40(37)50(51,41-29-35-32(26-38(41)49)44(4,5)20-23-47(35,10)11)42-30-36-33(27-39(42)49)45(6,7)21-24-48(36,12)13/h25-30H,14-24H2,1-13H3. The Kier molecular flexibility index (Phi) is 7.71. The van der Waals surface area contributed by atoms with Crippen LogP contribution in [0.3, 0.4) is 0 Å². The molecule has 0 spiro atoms. The molecule has 274 valence electrons. The Bertz CT molecular complexity index is 1740. The summed E-state index contributed by atoms with van der Waals surface area (Å²) in [5, 5.41) is 0. The van der Waals surface area contributed by atoms with Gasteiger partial charge in [-0.15, -0.1) is 0 Å². The van der Waals surface area contributed by atoms with Gasteiger partial charge < -0.3 is 0 Å². The number of rotatable bonds is 5. The van der Waals surface area contributed by atoms with Gasteiger partial charge in [-0.25, -0.2) is 0 Å². The third kappa shape index (κ3) is 4.80. The summed E-state index contributed by atoms with van der Waals surface area (Å²) in [4.78, 5) is 0. The quantitative estimate of drug-likeness (QED) is 0.180. The molecule has 0 N–H and O–H groups in total. The number of halogens is 1. The molecule has 2 bridgehead atoms. The van der Waals surface area contributed by atoms with E-state index in [0.717, 1.165) is 0 Å². The highest BCUT2D eigenvalue weighted by Gasteiger charge is 2.60. The van der Waals surface area contributed by atoms with Gasteiger partial charge in [0, 0.05) is 5.41 Å². The lowest BCUT2D eigenvalue weighted by Crippen LogP contribution is -2.51. The van der Waals surface area contributed by atoms with Crippen molar-refractivity contribution in [2.75, 3.05) is 0 Å². The summed E-state index contributed by atoms with van der Waals surface area (Å²) in [6.45, 7) is 32.6. The molecule has 0 amide bonds. The smallest absolute Gasteiger partial charge is 0.0695 e. The molecule has 3 aromatic carbocycles. The third-order valence-corrected chi connectivity index (χ3v) is 17.2. The van der Waals surface area contributed by atoms with Crippen molar-refractivity contribution in [1.29, 1.82) is 0 Å². The largest absolute Gasteiger partial charge is 0.101 e. The lowest BCUT2D eigenvalue weighted by molar-refractivity contribution is 0.324. The summed E-state index contributed by atoms with van der Waals surface area (Å²) < 4.78 is -0.385. The lowest BCUT2D eigenvalue weighted by Gasteiger charge is -2.58. The maximum Gasteiger partial charge on any atom is 0.101 e. The van der Waals surface area contributed by atoms with Crippen LogP contribution in [-0.4, -0.2) is 0 Å². The predicted molar refractivity (Wildman–Crippen MR) is 223 cm³/mol. The monoisotopic (exact) mass is 746 g/mol. The number of fused-ring (bicyclic) bond motifs is 3. The van der Waals surface area contributed by atoms with E-state index < -0.39 is 0 Å². The highest BCUT2D eigenvalue weighted by molar-refractivity contribution is 9.10. The lowest BCUT2D eigenvalue weighted by atomic mass is 9.47. The van der Waals surface area contributed by atoms with Crippen molar-refractivity contribution in [1.82, 2.24) is 0 Å². The fourth-order valence-electron chi connectivity index (χ4n) is 11.8. The highest BCUT2D eigenvalue weighted by atomic mass is 79.9. The highest BCUT2D eigenvalue weighted by Crippen LogP contribution is 2.69. The topological polar surface area (TPSA) is 0 Å². The van der Waals surface area contributed by atoms with Crippen LogP contribution >= 0.6 is 15.9 Å². The summed E-state index contributed by atoms with van der Waals surface area (Å²) in [6, 6.07) is 16.6. The van der Waals surface area contributed by atoms with Gasteiger partial charge in [0.05, 0.1) is 0 Å². The average molecular weight is 748 g/mol. The van der Waals surface area contributed by atoms with Gasteiger partial charge in [0.2, 0.25) is 0 Å². The molecule has 6 aliphatic carbocycles. The minimum absolute atomic E-state index is 0.156. The first-order valence-electron chi connectivity index (χ1n) is 20.8. The third-order valence-electron chi connectivity index (χ3n) is 15.9. The summed E-state index contributed by atoms with van der Waals surface area (Å²) in [5.74, 6) is 0. The minimum Gasteiger partial charge on any atom is -0.0695 e. The van der Waals surface area contributed by atoms with Crippen molar-refractivity contribution in [2.24, 2.45) is 0 Å². The number of alkyl halides is 1. The van der Waals surface area contributed by atoms with Gasteiger partial charge in [-0.05, 0) is 144 Å². The number of benzene rings is 3. The molecule has 0 radical (unpaired) electrons. The molecule has 0 unspecified atom stereocenters. The maximum atomic E-state index is 4.83. The van der Waals surface area contributed by atoms with Crippen LogP contribution in [0.2, 0.25) is 0 Å². The van der Waals surface area contributed by atoms with Crippen molar-refractivity contribution in [3.63, 3.8) is 0 Å². The van der Waals surface area contributed by atoms with Gasteiger partial charge in [0.25, 0.3) is 0 Å². The van der Waals surface area contributed by atoms with Crippen LogP contribution in [0.25, 0.3) is 0 Å². The van der Waals surface area contributed by atoms with Crippen LogP contribution in [0.5, 0.6) is 0 Å². The van der Waals surface area contributed by atoms with Gasteiger partial charge in [0.1, 0.15) is 4.32 Å². The second kappa shape index (κ2) is 10.9. The van der Waals surface area contributed by atoms with Crippen molar-refractivity contribution < 1.29 is 0 Å². The number of unbranched alkanes of at least 4 members (excludes halogenated alkanes) is 3. The fourth-order valence-corrected chi connectivity index (χ4v) is 12.8. The summed E-state index contributed by atoms with van der Waals surface area (Å²) in [7, 11) is 0. The van der Waals surface area contributed by atoms with E-state index >= 15 is 0 Å². The zero-order chi connectivity index (χ0) is 36.9. The number of hydrogen-bond donors (Lipinski definition) is 0. The Morgan fingerprint density at radius 3 is 0.882 bits per heavy atom. The minimum atomic E-state index is -0.385. The Balaban J connectivity index is 1.55. The predicted octanol–water partition coefficient (Wildman–Crippen LogP) is 14.4. The zero-order valence-electron chi connectivity index (χ0n) is 34.6. The Morgan fingerprint density at radius 1 is 0.373 bits per heavy atom.